The van der Waals surface area contributed by atoms with E-state index in [1.807, 2.05) is 13.1 Å². The number of nitrogens with zero attached hydrogens (tertiary/aromatic N) is 1. The zero-order chi connectivity index (χ0) is 12.3. The molecule has 4 nitrogen and oxygen atoms in total. The summed E-state index contributed by atoms with van der Waals surface area (Å²) in [5.74, 6) is 0. The smallest absolute Gasteiger partial charge is 0.252 e. The summed E-state index contributed by atoms with van der Waals surface area (Å²) in [6, 6.07) is 3.66. The summed E-state index contributed by atoms with van der Waals surface area (Å²) in [6.07, 6.45) is 2.85. The van der Waals surface area contributed by atoms with E-state index in [-0.39, 0.29) is 0 Å². The molecule has 0 atom stereocenters. The number of nitrogens with one attached hydrogen (secondary N) is 1. The molecule has 1 aliphatic rings. The molecule has 0 aliphatic carbocycles. The summed E-state index contributed by atoms with van der Waals surface area (Å²) in [4.78, 5) is 1.12. The highest BCUT2D eigenvalue weighted by molar-refractivity contribution is 7.91. The van der Waals surface area contributed by atoms with Gasteiger partial charge in [-0.3, -0.25) is 0 Å². The summed E-state index contributed by atoms with van der Waals surface area (Å²) in [5.41, 5.74) is 0. The third-order valence-electron chi connectivity index (χ3n) is 2.92. The van der Waals surface area contributed by atoms with Crippen LogP contribution in [0.3, 0.4) is 0 Å². The first-order valence-electron chi connectivity index (χ1n) is 5.88. The largest absolute Gasteiger partial charge is 0.319 e. The number of sulfonamides is 1. The van der Waals surface area contributed by atoms with Gasteiger partial charge < -0.3 is 5.32 Å². The molecule has 1 aliphatic heterocycles. The summed E-state index contributed by atoms with van der Waals surface area (Å²) in [7, 11) is -1.31. The minimum Gasteiger partial charge on any atom is -0.319 e. The first-order chi connectivity index (χ1) is 8.14. The van der Waals surface area contributed by atoms with Crippen LogP contribution in [0.1, 0.15) is 17.7 Å². The lowest BCUT2D eigenvalue weighted by molar-refractivity contribution is 0.479. The maximum Gasteiger partial charge on any atom is 0.252 e. The molecule has 6 heteroatoms. The fourth-order valence-electron chi connectivity index (χ4n) is 1.94. The second-order valence-electron chi connectivity index (χ2n) is 4.19. The number of likely N-dealkylation sites (N-methyl/N-ethyl adjacent to an activating group) is 1. The van der Waals surface area contributed by atoms with Crippen LogP contribution in [0.15, 0.2) is 16.3 Å². The molecule has 2 heterocycles. The summed E-state index contributed by atoms with van der Waals surface area (Å²) in [6.45, 7) is 2.22. The van der Waals surface area contributed by atoms with Gasteiger partial charge in [-0.15, -0.1) is 11.3 Å². The number of thiophene rings is 1. The minimum atomic E-state index is -3.21. The van der Waals surface area contributed by atoms with E-state index in [4.69, 9.17) is 0 Å². The highest BCUT2D eigenvalue weighted by atomic mass is 32.2. The molecule has 0 unspecified atom stereocenters. The third kappa shape index (κ3) is 2.88. The van der Waals surface area contributed by atoms with Gasteiger partial charge in [-0.05, 0) is 45.0 Å². The van der Waals surface area contributed by atoms with E-state index in [0.717, 1.165) is 30.7 Å². The Kier molecular flexibility index (Phi) is 4.19. The fraction of sp³-hybridized carbons (Fsp3) is 0.636. The van der Waals surface area contributed by atoms with Crippen LogP contribution in [0.5, 0.6) is 0 Å². The molecule has 1 fully saturated rings. The fourth-order valence-corrected chi connectivity index (χ4v) is 4.96. The molecule has 0 radical (unpaired) electrons. The molecule has 0 bridgehead atoms. The Bertz CT molecular complexity index is 462. The number of hydrogen-bond donors (Lipinski definition) is 1. The molecule has 0 aromatic carbocycles. The van der Waals surface area contributed by atoms with Crippen LogP contribution in [-0.4, -0.2) is 39.4 Å². The normalized spacial score (nSPS) is 17.7. The Hall–Kier alpha value is -0.430. The number of rotatable bonds is 5. The van der Waals surface area contributed by atoms with E-state index < -0.39 is 10.0 Å². The first-order valence-corrected chi connectivity index (χ1v) is 8.14. The van der Waals surface area contributed by atoms with Crippen molar-refractivity contribution in [3.05, 3.63) is 17.0 Å². The molecule has 1 saturated heterocycles. The van der Waals surface area contributed by atoms with Crippen LogP contribution in [0.2, 0.25) is 0 Å². The molecular formula is C11H18N2O2S2. The van der Waals surface area contributed by atoms with Crippen LogP contribution >= 0.6 is 11.3 Å². The van der Waals surface area contributed by atoms with Crippen LogP contribution in [0.25, 0.3) is 0 Å². The SMILES string of the molecule is CNCCc1ccc(S(=O)(=O)N2CCCC2)s1. The Morgan fingerprint density at radius 3 is 2.71 bits per heavy atom. The average Bonchev–Trinajstić information content (AvgIpc) is 2.97. The Balaban J connectivity index is 2.13. The van der Waals surface area contributed by atoms with Crippen LogP contribution in [0.4, 0.5) is 0 Å². The van der Waals surface area contributed by atoms with Crippen LogP contribution in [0, 0.1) is 0 Å². The van der Waals surface area contributed by atoms with E-state index in [9.17, 15) is 8.42 Å². The minimum absolute atomic E-state index is 0.491. The molecule has 1 aromatic heterocycles. The average molecular weight is 274 g/mol. The molecule has 0 spiro atoms. The van der Waals surface area contributed by atoms with E-state index in [1.165, 1.54) is 11.3 Å². The van der Waals surface area contributed by atoms with Gasteiger partial charge in [-0.1, -0.05) is 0 Å². The Morgan fingerprint density at radius 2 is 2.06 bits per heavy atom. The quantitative estimate of drug-likeness (QED) is 0.880. The second kappa shape index (κ2) is 5.48. The third-order valence-corrected chi connectivity index (χ3v) is 6.43. The van der Waals surface area contributed by atoms with Crippen molar-refractivity contribution in [2.24, 2.45) is 0 Å². The van der Waals surface area contributed by atoms with E-state index in [1.54, 1.807) is 10.4 Å². The lowest BCUT2D eigenvalue weighted by Crippen LogP contribution is -2.27. The molecule has 96 valence electrons. The molecule has 1 aromatic rings. The molecule has 0 saturated carbocycles. The summed E-state index contributed by atoms with van der Waals surface area (Å²) < 4.78 is 26.6. The van der Waals surface area contributed by atoms with Crippen molar-refractivity contribution >= 4 is 21.4 Å². The van der Waals surface area contributed by atoms with Crippen molar-refractivity contribution in [2.45, 2.75) is 23.5 Å². The van der Waals surface area contributed by atoms with Gasteiger partial charge in [0.25, 0.3) is 10.0 Å². The van der Waals surface area contributed by atoms with Crippen molar-refractivity contribution in [3.63, 3.8) is 0 Å². The number of hydrogen-bond acceptors (Lipinski definition) is 4. The van der Waals surface area contributed by atoms with E-state index >= 15 is 0 Å². The van der Waals surface area contributed by atoms with Gasteiger partial charge in [-0.2, -0.15) is 4.31 Å². The van der Waals surface area contributed by atoms with Crippen LogP contribution < -0.4 is 5.32 Å². The monoisotopic (exact) mass is 274 g/mol. The van der Waals surface area contributed by atoms with Crippen molar-refractivity contribution in [2.75, 3.05) is 26.7 Å². The van der Waals surface area contributed by atoms with E-state index in [2.05, 4.69) is 5.32 Å². The lowest BCUT2D eigenvalue weighted by atomic mass is 10.3. The lowest BCUT2D eigenvalue weighted by Gasteiger charge is -2.13. The maximum absolute atomic E-state index is 12.2. The van der Waals surface area contributed by atoms with Gasteiger partial charge in [0.1, 0.15) is 4.21 Å². The van der Waals surface area contributed by atoms with Gasteiger partial charge in [0.2, 0.25) is 0 Å². The van der Waals surface area contributed by atoms with Crippen molar-refractivity contribution in [1.82, 2.24) is 9.62 Å². The molecule has 1 N–H and O–H groups in total. The van der Waals surface area contributed by atoms with Gasteiger partial charge in [-0.25, -0.2) is 8.42 Å². The standard InChI is InChI=1S/C11H18N2O2S2/c1-12-7-6-10-4-5-11(16-10)17(14,15)13-8-2-3-9-13/h4-5,12H,2-3,6-9H2,1H3. The molecule has 17 heavy (non-hydrogen) atoms. The Labute approximate surface area is 107 Å². The van der Waals surface area contributed by atoms with Crippen molar-refractivity contribution < 1.29 is 8.42 Å². The summed E-state index contributed by atoms with van der Waals surface area (Å²) in [5, 5.41) is 3.07. The predicted molar refractivity (Wildman–Crippen MR) is 69.9 cm³/mol. The second-order valence-corrected chi connectivity index (χ2v) is 7.52. The molecular weight excluding hydrogens is 256 g/mol. The van der Waals surface area contributed by atoms with Gasteiger partial charge in [0.15, 0.2) is 0 Å². The van der Waals surface area contributed by atoms with E-state index in [0.29, 0.717) is 17.3 Å². The molecule has 0 amide bonds. The zero-order valence-corrected chi connectivity index (χ0v) is 11.6. The van der Waals surface area contributed by atoms with Gasteiger partial charge in [0, 0.05) is 18.0 Å². The van der Waals surface area contributed by atoms with Crippen LogP contribution in [-0.2, 0) is 16.4 Å². The predicted octanol–water partition coefficient (Wildman–Crippen LogP) is 1.29. The van der Waals surface area contributed by atoms with Crippen molar-refractivity contribution in [3.8, 4) is 0 Å². The zero-order valence-electron chi connectivity index (χ0n) is 9.98. The maximum atomic E-state index is 12.2. The van der Waals surface area contributed by atoms with Gasteiger partial charge >= 0.3 is 0 Å². The molecule has 2 rings (SSSR count). The highest BCUT2D eigenvalue weighted by Gasteiger charge is 2.28. The first kappa shape index (κ1) is 13.0. The van der Waals surface area contributed by atoms with Crippen molar-refractivity contribution in [1.29, 1.82) is 0 Å². The Morgan fingerprint density at radius 1 is 1.35 bits per heavy atom. The summed E-state index contributed by atoms with van der Waals surface area (Å²) >= 11 is 1.40. The van der Waals surface area contributed by atoms with Gasteiger partial charge in [0.05, 0.1) is 0 Å². The highest BCUT2D eigenvalue weighted by Crippen LogP contribution is 2.27. The topological polar surface area (TPSA) is 49.4 Å².